The first kappa shape index (κ1) is 38.4. The van der Waals surface area contributed by atoms with Gasteiger partial charge in [-0.2, -0.15) is 16.4 Å². The molecule has 1 saturated heterocycles. The number of carbonyl (C=O) groups is 2. The van der Waals surface area contributed by atoms with Crippen molar-refractivity contribution in [2.24, 2.45) is 0 Å². The number of hydrogen-bond acceptors (Lipinski definition) is 7. The Morgan fingerprint density at radius 3 is 1.98 bits per heavy atom. The minimum Gasteiger partial charge on any atom is -0.507 e. The molecule has 2 amide bonds. The molecule has 6 N–H and O–H groups in total. The van der Waals surface area contributed by atoms with Crippen LogP contribution in [-0.4, -0.2) is 54.2 Å². The second-order valence-electron chi connectivity index (χ2n) is 17.9. The summed E-state index contributed by atoms with van der Waals surface area (Å²) in [5.41, 5.74) is 6.81. The number of nitrogens with zero attached hydrogens (tertiary/aromatic N) is 1. The third kappa shape index (κ3) is 7.81. The van der Waals surface area contributed by atoms with Crippen molar-refractivity contribution in [1.29, 1.82) is 0 Å². The summed E-state index contributed by atoms with van der Waals surface area (Å²) in [5, 5.41) is 41.1. The molecule has 10 heteroatoms. The Labute approximate surface area is 303 Å². The Morgan fingerprint density at radius 2 is 1.42 bits per heavy atom. The number of thioether (sulfide) groups is 1. The van der Waals surface area contributed by atoms with Crippen LogP contribution in [0.1, 0.15) is 167 Å². The van der Waals surface area contributed by atoms with Crippen molar-refractivity contribution in [2.75, 3.05) is 5.43 Å². The van der Waals surface area contributed by atoms with E-state index in [0.29, 0.717) is 5.75 Å². The molecule has 1 saturated carbocycles. The Balaban J connectivity index is 1.26. The number of benzene rings is 1. The molecule has 0 radical (unpaired) electrons. The van der Waals surface area contributed by atoms with Crippen LogP contribution in [0.3, 0.4) is 0 Å². The van der Waals surface area contributed by atoms with Gasteiger partial charge in [0.15, 0.2) is 0 Å². The molecule has 9 nitrogen and oxygen atoms in total. The highest BCUT2D eigenvalue weighted by molar-refractivity contribution is 7.99. The number of phenols is 1. The van der Waals surface area contributed by atoms with Gasteiger partial charge in [-0.05, 0) is 95.0 Å². The number of phenolic OH excluding ortho intramolecular Hbond substituents is 1. The minimum atomic E-state index is -0.439. The first-order valence-electron chi connectivity index (χ1n) is 18.7. The van der Waals surface area contributed by atoms with Gasteiger partial charge >= 0.3 is 0 Å². The lowest BCUT2D eigenvalue weighted by Crippen LogP contribution is -2.62. The summed E-state index contributed by atoms with van der Waals surface area (Å²) in [6, 6.07) is 4.38. The van der Waals surface area contributed by atoms with Gasteiger partial charge in [0.05, 0.1) is 0 Å². The predicted octanol–water partition coefficient (Wildman–Crippen LogP) is 7.92. The maximum Gasteiger partial charge on any atom is 0.239 e. The van der Waals surface area contributed by atoms with Crippen molar-refractivity contribution in [3.63, 3.8) is 0 Å². The zero-order valence-corrected chi connectivity index (χ0v) is 32.9. The highest BCUT2D eigenvalue weighted by atomic mass is 32.2. The van der Waals surface area contributed by atoms with Gasteiger partial charge in [0.1, 0.15) is 5.75 Å². The summed E-state index contributed by atoms with van der Waals surface area (Å²) < 4.78 is 1.12. The quantitative estimate of drug-likeness (QED) is 0.132. The molecule has 1 aliphatic heterocycles. The minimum absolute atomic E-state index is 0.0203. The number of amides is 2. The van der Waals surface area contributed by atoms with E-state index in [1.54, 1.807) is 0 Å². The van der Waals surface area contributed by atoms with E-state index in [1.165, 1.54) is 5.56 Å². The zero-order valence-electron chi connectivity index (χ0n) is 32.0. The average molecular weight is 711 g/mol. The topological polar surface area (TPSA) is 136 Å². The molecule has 2 heterocycles. The van der Waals surface area contributed by atoms with Crippen molar-refractivity contribution in [1.82, 2.24) is 15.3 Å². The molecule has 0 spiro atoms. The van der Waals surface area contributed by atoms with Gasteiger partial charge < -0.3 is 26.0 Å². The monoisotopic (exact) mass is 710 g/mol. The highest BCUT2D eigenvalue weighted by Gasteiger charge is 2.46. The van der Waals surface area contributed by atoms with E-state index in [4.69, 9.17) is 0 Å². The molecular weight excluding hydrogens is 649 g/mol. The fourth-order valence-corrected chi connectivity index (χ4v) is 10.3. The van der Waals surface area contributed by atoms with Crippen LogP contribution in [0.2, 0.25) is 0 Å². The van der Waals surface area contributed by atoms with E-state index in [-0.39, 0.29) is 75.5 Å². The van der Waals surface area contributed by atoms with E-state index >= 15 is 0 Å². The van der Waals surface area contributed by atoms with Gasteiger partial charge in [0.25, 0.3) is 0 Å². The molecule has 50 heavy (non-hydrogen) atoms. The fourth-order valence-electron chi connectivity index (χ4n) is 8.89. The summed E-state index contributed by atoms with van der Waals surface area (Å²) in [4.78, 5) is 25.9. The number of hydrogen-bond donors (Lipinski definition) is 6. The summed E-state index contributed by atoms with van der Waals surface area (Å²) in [7, 11) is 0. The van der Waals surface area contributed by atoms with E-state index in [1.807, 2.05) is 11.8 Å². The number of aromatic hydroxyl groups is 3. The normalized spacial score (nSPS) is 23.0. The van der Waals surface area contributed by atoms with Crippen molar-refractivity contribution in [3.8, 4) is 17.5 Å². The lowest BCUT2D eigenvalue weighted by atomic mass is 9.68. The van der Waals surface area contributed by atoms with E-state index < -0.39 is 5.91 Å². The Kier molecular flexibility index (Phi) is 10.7. The molecule has 278 valence electrons. The molecule has 2 bridgehead atoms. The van der Waals surface area contributed by atoms with Crippen LogP contribution < -0.4 is 16.1 Å². The van der Waals surface area contributed by atoms with Crippen LogP contribution in [0, 0.1) is 0 Å². The molecule has 4 aliphatic rings. The number of piperidine rings is 1. The smallest absolute Gasteiger partial charge is 0.239 e. The van der Waals surface area contributed by atoms with Gasteiger partial charge in [0, 0.05) is 69.1 Å². The number of aromatic nitrogens is 1. The summed E-state index contributed by atoms with van der Waals surface area (Å²) in [6.45, 7) is 21.6. The van der Waals surface area contributed by atoms with Crippen molar-refractivity contribution < 1.29 is 24.9 Å². The molecule has 3 unspecified atom stereocenters. The number of rotatable bonds is 12. The van der Waals surface area contributed by atoms with E-state index in [0.717, 1.165) is 77.6 Å². The molecule has 3 atom stereocenters. The maximum atomic E-state index is 13.0. The van der Waals surface area contributed by atoms with Crippen LogP contribution >= 0.6 is 11.8 Å². The van der Waals surface area contributed by atoms with Crippen LogP contribution in [-0.2, 0) is 26.2 Å². The highest BCUT2D eigenvalue weighted by Crippen LogP contribution is 2.59. The van der Waals surface area contributed by atoms with Gasteiger partial charge in [-0.1, -0.05) is 53.7 Å². The van der Waals surface area contributed by atoms with Crippen molar-refractivity contribution in [3.05, 3.63) is 39.9 Å². The number of carbonyl (C=O) groups excluding carboxylic acids is 2. The standard InChI is InChI=1S/C40H62N4O5S/c1-11-37(3,4)27-17-23(18-28(34(27)47)38(5,6)12-2)22-50-29-19-24-13-14-26(29)33-32(24)35(48)44(36(33)49)42-31(46)16-15-30(45)41-25-20-39(7,8)43-40(9,10)21-25/h17-18,24-26,29,43,47-49H,11-16,19-22H2,1-10H3,(H,41,45)(H,42,46). The molecular formula is C40H62N4O5S. The maximum absolute atomic E-state index is 13.0. The van der Waals surface area contributed by atoms with Crippen molar-refractivity contribution >= 4 is 23.6 Å². The van der Waals surface area contributed by atoms with Gasteiger partial charge in [-0.15, -0.1) is 0 Å². The summed E-state index contributed by atoms with van der Waals surface area (Å²) in [6.07, 6.45) is 6.11. The average Bonchev–Trinajstić information content (AvgIpc) is 3.28. The number of nitrogens with one attached hydrogen (secondary N) is 3. The Morgan fingerprint density at radius 1 is 0.880 bits per heavy atom. The second-order valence-corrected chi connectivity index (χ2v) is 19.1. The van der Waals surface area contributed by atoms with Gasteiger partial charge in [0.2, 0.25) is 23.6 Å². The summed E-state index contributed by atoms with van der Waals surface area (Å²) >= 11 is 1.88. The molecule has 3 aliphatic carbocycles. The largest absolute Gasteiger partial charge is 0.507 e. The molecule has 1 aromatic carbocycles. The first-order valence-corrected chi connectivity index (χ1v) is 19.8. The van der Waals surface area contributed by atoms with Crippen LogP contribution in [0.25, 0.3) is 0 Å². The van der Waals surface area contributed by atoms with Crippen molar-refractivity contribution in [2.45, 2.75) is 178 Å². The Hall–Kier alpha value is -2.85. The van der Waals surface area contributed by atoms with E-state index in [2.05, 4.69) is 97.4 Å². The predicted molar refractivity (Wildman–Crippen MR) is 203 cm³/mol. The van der Waals surface area contributed by atoms with Gasteiger partial charge in [-0.25, -0.2) is 0 Å². The summed E-state index contributed by atoms with van der Waals surface area (Å²) in [5.74, 6) is 0.489. The Bertz CT molecular complexity index is 1560. The lowest BCUT2D eigenvalue weighted by Gasteiger charge is -2.46. The van der Waals surface area contributed by atoms with Crippen LogP contribution in [0.5, 0.6) is 17.5 Å². The molecule has 6 rings (SSSR count). The molecule has 1 aromatic heterocycles. The first-order chi connectivity index (χ1) is 23.2. The van der Waals surface area contributed by atoms with Crippen LogP contribution in [0.15, 0.2) is 12.1 Å². The fraction of sp³-hybridized carbons (Fsp3) is 0.700. The molecule has 2 aromatic rings. The number of fused-ring (bicyclic) bond motifs is 2. The second kappa shape index (κ2) is 13.9. The van der Waals surface area contributed by atoms with E-state index in [9.17, 15) is 24.9 Å². The zero-order chi connectivity index (χ0) is 37.0. The van der Waals surface area contributed by atoms with Crippen LogP contribution in [0.4, 0.5) is 0 Å². The van der Waals surface area contributed by atoms with Gasteiger partial charge in [-0.3, -0.25) is 15.0 Å². The third-order valence-electron chi connectivity index (χ3n) is 12.0. The third-order valence-corrected chi connectivity index (χ3v) is 13.4. The molecule has 2 fully saturated rings. The SMILES string of the molecule is CCC(C)(C)c1cc(CSC2CC3CCC2c2c3c(O)n(NC(=O)CCC(=O)NC3CC(C)(C)NC(C)(C)C3)c2O)cc(C(C)(C)CC)c1O. The lowest BCUT2D eigenvalue weighted by molar-refractivity contribution is -0.125.